The second kappa shape index (κ2) is 5.48. The Morgan fingerprint density at radius 1 is 1.54 bits per heavy atom. The molecule has 0 aliphatic heterocycles. The fourth-order valence-electron chi connectivity index (χ4n) is 1.94. The highest BCUT2D eigenvalue weighted by atomic mass is 35.5. The van der Waals surface area contributed by atoms with Crippen LogP contribution in [-0.4, -0.2) is 18.3 Å². The minimum absolute atomic E-state index is 0.0918. The number of carbonyl (C=O) groups excluding carboxylic acids is 1. The molecule has 1 aliphatic carbocycles. The molecule has 1 amide bonds. The maximum Gasteiger partial charge on any atom is 0.221 e. The van der Waals surface area contributed by atoms with E-state index in [1.54, 1.807) is 0 Å². The van der Waals surface area contributed by atoms with Crippen molar-refractivity contribution < 1.29 is 4.79 Å². The van der Waals surface area contributed by atoms with Crippen LogP contribution in [0.3, 0.4) is 0 Å². The second-order valence-electron chi connectivity index (χ2n) is 3.91. The van der Waals surface area contributed by atoms with Crippen LogP contribution in [0.25, 0.3) is 0 Å². The Kier molecular flexibility index (Phi) is 4.57. The summed E-state index contributed by atoms with van der Waals surface area (Å²) in [6, 6.07) is 0. The predicted octanol–water partition coefficient (Wildman–Crippen LogP) is 2.17. The summed E-state index contributed by atoms with van der Waals surface area (Å²) in [5.74, 6) is 1.98. The van der Waals surface area contributed by atoms with E-state index in [9.17, 15) is 4.79 Å². The van der Waals surface area contributed by atoms with Crippen molar-refractivity contribution in [2.45, 2.75) is 32.6 Å². The first-order chi connectivity index (χ1) is 6.24. The number of carbonyl (C=O) groups is 1. The summed E-state index contributed by atoms with van der Waals surface area (Å²) >= 11 is 5.46. The quantitative estimate of drug-likeness (QED) is 0.698. The van der Waals surface area contributed by atoms with Gasteiger partial charge in [-0.1, -0.05) is 19.8 Å². The van der Waals surface area contributed by atoms with E-state index in [4.69, 9.17) is 11.6 Å². The lowest BCUT2D eigenvalue weighted by Crippen LogP contribution is -2.30. The molecule has 0 radical (unpaired) electrons. The first-order valence-corrected chi connectivity index (χ1v) is 5.60. The molecule has 1 N–H and O–H groups in total. The Morgan fingerprint density at radius 2 is 2.31 bits per heavy atom. The van der Waals surface area contributed by atoms with Gasteiger partial charge in [-0.2, -0.15) is 0 Å². The van der Waals surface area contributed by atoms with Crippen molar-refractivity contribution in [1.82, 2.24) is 5.32 Å². The minimum Gasteiger partial charge on any atom is -0.356 e. The Morgan fingerprint density at radius 3 is 2.85 bits per heavy atom. The van der Waals surface area contributed by atoms with Crippen LogP contribution in [0.2, 0.25) is 0 Å². The molecule has 2 unspecified atom stereocenters. The molecule has 13 heavy (non-hydrogen) atoms. The van der Waals surface area contributed by atoms with E-state index in [0.717, 1.165) is 12.5 Å². The molecule has 0 saturated heterocycles. The van der Waals surface area contributed by atoms with E-state index in [-0.39, 0.29) is 5.91 Å². The van der Waals surface area contributed by atoms with E-state index in [1.165, 1.54) is 19.3 Å². The number of hydrogen-bond acceptors (Lipinski definition) is 1. The number of nitrogens with one attached hydrogen (secondary N) is 1. The molecular formula is C10H18ClNO. The van der Waals surface area contributed by atoms with Gasteiger partial charge in [0.1, 0.15) is 0 Å². The summed E-state index contributed by atoms with van der Waals surface area (Å²) < 4.78 is 0. The maximum absolute atomic E-state index is 11.1. The molecule has 2 nitrogen and oxygen atoms in total. The van der Waals surface area contributed by atoms with Crippen LogP contribution in [0.15, 0.2) is 0 Å². The monoisotopic (exact) mass is 203 g/mol. The van der Waals surface area contributed by atoms with Crippen molar-refractivity contribution in [3.63, 3.8) is 0 Å². The van der Waals surface area contributed by atoms with Gasteiger partial charge in [0.15, 0.2) is 0 Å². The molecule has 1 rings (SSSR count). The third kappa shape index (κ3) is 3.55. The largest absolute Gasteiger partial charge is 0.356 e. The fourth-order valence-corrected chi connectivity index (χ4v) is 2.12. The smallest absolute Gasteiger partial charge is 0.221 e. The van der Waals surface area contributed by atoms with Crippen molar-refractivity contribution in [3.8, 4) is 0 Å². The number of alkyl halides is 1. The number of hydrogen-bond donors (Lipinski definition) is 1. The Balaban J connectivity index is 2.14. The first kappa shape index (κ1) is 10.8. The van der Waals surface area contributed by atoms with E-state index in [0.29, 0.717) is 18.2 Å². The summed E-state index contributed by atoms with van der Waals surface area (Å²) in [5.41, 5.74) is 0. The molecule has 0 aromatic carbocycles. The predicted molar refractivity (Wildman–Crippen MR) is 54.9 cm³/mol. The summed E-state index contributed by atoms with van der Waals surface area (Å²) in [4.78, 5) is 11.1. The van der Waals surface area contributed by atoms with E-state index >= 15 is 0 Å². The number of amides is 1. The lowest BCUT2D eigenvalue weighted by atomic mass is 9.98. The van der Waals surface area contributed by atoms with Crippen LogP contribution < -0.4 is 5.32 Å². The summed E-state index contributed by atoms with van der Waals surface area (Å²) in [7, 11) is 0. The van der Waals surface area contributed by atoms with Gasteiger partial charge in [-0.15, -0.1) is 11.6 Å². The molecule has 0 aromatic heterocycles. The van der Waals surface area contributed by atoms with E-state index in [1.807, 2.05) is 0 Å². The highest BCUT2D eigenvalue weighted by molar-refractivity contribution is 6.18. The van der Waals surface area contributed by atoms with Crippen molar-refractivity contribution in [2.24, 2.45) is 11.8 Å². The van der Waals surface area contributed by atoms with Gasteiger partial charge in [-0.3, -0.25) is 4.79 Å². The molecule has 0 aromatic rings. The maximum atomic E-state index is 11.1. The van der Waals surface area contributed by atoms with Gasteiger partial charge in [0, 0.05) is 18.8 Å². The zero-order chi connectivity index (χ0) is 9.68. The highest BCUT2D eigenvalue weighted by Gasteiger charge is 2.23. The van der Waals surface area contributed by atoms with Crippen molar-refractivity contribution in [2.75, 3.05) is 12.4 Å². The lowest BCUT2D eigenvalue weighted by Gasteiger charge is -2.15. The normalized spacial score (nSPS) is 27.5. The van der Waals surface area contributed by atoms with Crippen molar-refractivity contribution in [1.29, 1.82) is 0 Å². The Hall–Kier alpha value is -0.240. The molecule has 0 spiro atoms. The third-order valence-electron chi connectivity index (χ3n) is 2.92. The van der Waals surface area contributed by atoms with Crippen LogP contribution in [-0.2, 0) is 4.79 Å². The van der Waals surface area contributed by atoms with E-state index in [2.05, 4.69) is 12.2 Å². The average Bonchev–Trinajstić information content (AvgIpc) is 2.48. The van der Waals surface area contributed by atoms with Crippen LogP contribution >= 0.6 is 11.6 Å². The fraction of sp³-hybridized carbons (Fsp3) is 0.900. The topological polar surface area (TPSA) is 29.1 Å². The summed E-state index contributed by atoms with van der Waals surface area (Å²) in [6.07, 6.45) is 4.35. The molecule has 1 fully saturated rings. The van der Waals surface area contributed by atoms with Gasteiger partial charge in [-0.25, -0.2) is 0 Å². The molecular weight excluding hydrogens is 186 g/mol. The molecule has 1 saturated carbocycles. The van der Waals surface area contributed by atoms with Gasteiger partial charge >= 0.3 is 0 Å². The van der Waals surface area contributed by atoms with Gasteiger partial charge < -0.3 is 5.32 Å². The molecule has 1 aliphatic rings. The van der Waals surface area contributed by atoms with E-state index < -0.39 is 0 Å². The molecule has 3 heteroatoms. The van der Waals surface area contributed by atoms with Gasteiger partial charge in [0.25, 0.3) is 0 Å². The second-order valence-corrected chi connectivity index (χ2v) is 4.29. The van der Waals surface area contributed by atoms with Crippen molar-refractivity contribution >= 4 is 17.5 Å². The highest BCUT2D eigenvalue weighted by Crippen LogP contribution is 2.30. The number of halogens is 1. The van der Waals surface area contributed by atoms with Gasteiger partial charge in [0.05, 0.1) is 0 Å². The molecule has 0 heterocycles. The van der Waals surface area contributed by atoms with Gasteiger partial charge in [-0.05, 0) is 18.3 Å². The van der Waals surface area contributed by atoms with Crippen molar-refractivity contribution in [3.05, 3.63) is 0 Å². The zero-order valence-corrected chi connectivity index (χ0v) is 8.94. The average molecular weight is 204 g/mol. The van der Waals surface area contributed by atoms with Crippen LogP contribution in [0, 0.1) is 11.8 Å². The molecule has 2 atom stereocenters. The Bertz CT molecular complexity index is 172. The van der Waals surface area contributed by atoms with Crippen LogP contribution in [0.4, 0.5) is 0 Å². The van der Waals surface area contributed by atoms with Crippen LogP contribution in [0.5, 0.6) is 0 Å². The summed E-state index contributed by atoms with van der Waals surface area (Å²) in [6.45, 7) is 3.11. The standard InChI is InChI=1S/C10H18ClNO/c1-8-3-2-4-9(8)7-12-10(13)5-6-11/h8-9H,2-7H2,1H3,(H,12,13). The summed E-state index contributed by atoms with van der Waals surface area (Å²) in [5, 5.41) is 2.93. The van der Waals surface area contributed by atoms with Crippen LogP contribution in [0.1, 0.15) is 32.6 Å². The SMILES string of the molecule is CC1CCCC1CNC(=O)CCCl. The number of rotatable bonds is 4. The first-order valence-electron chi connectivity index (χ1n) is 5.06. The minimum atomic E-state index is 0.0918. The Labute approximate surface area is 85.0 Å². The third-order valence-corrected chi connectivity index (χ3v) is 3.11. The van der Waals surface area contributed by atoms with Gasteiger partial charge in [0.2, 0.25) is 5.91 Å². The lowest BCUT2D eigenvalue weighted by molar-refractivity contribution is -0.120. The molecule has 0 bridgehead atoms. The zero-order valence-electron chi connectivity index (χ0n) is 8.18. The molecule has 76 valence electrons.